The third-order valence-electron chi connectivity index (χ3n) is 3.94. The normalized spacial score (nSPS) is 19.5. The average Bonchev–Trinajstić information content (AvgIpc) is 2.85. The van der Waals surface area contributed by atoms with E-state index in [0.29, 0.717) is 12.5 Å². The number of nitrogens with zero attached hydrogens (tertiary/aromatic N) is 2. The molecule has 1 aliphatic heterocycles. The molecule has 2 N–H and O–H groups in total. The molecule has 3 rings (SSSR count). The number of pyridine rings is 1. The summed E-state index contributed by atoms with van der Waals surface area (Å²) in [6.07, 6.45) is 4.01. The second kappa shape index (κ2) is 5.59. The number of likely N-dealkylation sites (tertiary alicyclic amines) is 1. The minimum atomic E-state index is -0.234. The van der Waals surface area contributed by atoms with Gasteiger partial charge in [-0.1, -0.05) is 12.1 Å². The largest absolute Gasteiger partial charge is 0.369 e. The summed E-state index contributed by atoms with van der Waals surface area (Å²) in [6, 6.07) is 10.5. The standard InChI is InChI=1S/C16H19N3O/c17-16(20)11-19-7-5-13(10-19)8-12-3-4-15-14(9-12)2-1-6-18-15/h1-4,6,9,13H,5,7-8,10-11H2,(H2,17,20)/t13-/m1/s1. The fourth-order valence-electron chi connectivity index (χ4n) is 3.03. The third-order valence-corrected chi connectivity index (χ3v) is 3.94. The second-order valence-corrected chi connectivity index (χ2v) is 5.59. The summed E-state index contributed by atoms with van der Waals surface area (Å²) in [6.45, 7) is 2.33. The average molecular weight is 269 g/mol. The highest BCUT2D eigenvalue weighted by atomic mass is 16.1. The lowest BCUT2D eigenvalue weighted by Gasteiger charge is -2.14. The van der Waals surface area contributed by atoms with Gasteiger partial charge in [0.2, 0.25) is 5.91 Å². The molecular weight excluding hydrogens is 250 g/mol. The van der Waals surface area contributed by atoms with Crippen LogP contribution in [0.3, 0.4) is 0 Å². The molecule has 4 nitrogen and oxygen atoms in total. The molecule has 0 unspecified atom stereocenters. The molecular formula is C16H19N3O. The van der Waals surface area contributed by atoms with Crippen molar-refractivity contribution in [3.8, 4) is 0 Å². The van der Waals surface area contributed by atoms with Crippen LogP contribution >= 0.6 is 0 Å². The first kappa shape index (κ1) is 13.1. The quantitative estimate of drug-likeness (QED) is 0.917. The van der Waals surface area contributed by atoms with Crippen LogP contribution in [-0.4, -0.2) is 35.4 Å². The minimum Gasteiger partial charge on any atom is -0.369 e. The molecule has 4 heteroatoms. The first-order valence-electron chi connectivity index (χ1n) is 7.05. The van der Waals surface area contributed by atoms with E-state index in [-0.39, 0.29) is 5.91 Å². The van der Waals surface area contributed by atoms with Gasteiger partial charge in [-0.2, -0.15) is 0 Å². The Hall–Kier alpha value is -1.94. The van der Waals surface area contributed by atoms with Gasteiger partial charge in [-0.15, -0.1) is 0 Å². The van der Waals surface area contributed by atoms with Gasteiger partial charge >= 0.3 is 0 Å². The van der Waals surface area contributed by atoms with Crippen molar-refractivity contribution < 1.29 is 4.79 Å². The van der Waals surface area contributed by atoms with E-state index in [1.807, 2.05) is 12.3 Å². The molecule has 2 heterocycles. The van der Waals surface area contributed by atoms with Crippen molar-refractivity contribution in [3.63, 3.8) is 0 Å². The summed E-state index contributed by atoms with van der Waals surface area (Å²) in [5.41, 5.74) is 7.63. The Labute approximate surface area is 118 Å². The number of hydrogen-bond acceptors (Lipinski definition) is 3. The third kappa shape index (κ3) is 2.96. The van der Waals surface area contributed by atoms with Crippen LogP contribution in [0.2, 0.25) is 0 Å². The minimum absolute atomic E-state index is 0.234. The lowest BCUT2D eigenvalue weighted by Crippen LogP contribution is -2.32. The predicted molar refractivity (Wildman–Crippen MR) is 79.2 cm³/mol. The van der Waals surface area contributed by atoms with E-state index in [0.717, 1.165) is 31.4 Å². The number of hydrogen-bond donors (Lipinski definition) is 1. The van der Waals surface area contributed by atoms with Crippen LogP contribution in [0.4, 0.5) is 0 Å². The van der Waals surface area contributed by atoms with Gasteiger partial charge in [0.25, 0.3) is 0 Å². The maximum Gasteiger partial charge on any atom is 0.231 e. The summed E-state index contributed by atoms with van der Waals surface area (Å²) >= 11 is 0. The molecule has 2 aromatic rings. The Morgan fingerprint density at radius 1 is 1.40 bits per heavy atom. The number of carbonyl (C=O) groups excluding carboxylic acids is 1. The monoisotopic (exact) mass is 269 g/mol. The number of rotatable bonds is 4. The zero-order valence-electron chi connectivity index (χ0n) is 11.5. The molecule has 0 radical (unpaired) electrons. The van der Waals surface area contributed by atoms with E-state index < -0.39 is 0 Å². The van der Waals surface area contributed by atoms with E-state index in [9.17, 15) is 4.79 Å². The lowest BCUT2D eigenvalue weighted by atomic mass is 9.97. The maximum absolute atomic E-state index is 10.9. The van der Waals surface area contributed by atoms with Gasteiger partial charge < -0.3 is 5.73 Å². The summed E-state index contributed by atoms with van der Waals surface area (Å²) in [7, 11) is 0. The van der Waals surface area contributed by atoms with Gasteiger partial charge in [0, 0.05) is 18.1 Å². The van der Waals surface area contributed by atoms with Gasteiger partial charge in [0.15, 0.2) is 0 Å². The highest BCUT2D eigenvalue weighted by Crippen LogP contribution is 2.22. The molecule has 20 heavy (non-hydrogen) atoms. The van der Waals surface area contributed by atoms with E-state index in [1.165, 1.54) is 10.9 Å². The van der Waals surface area contributed by atoms with Crippen LogP contribution < -0.4 is 5.73 Å². The first-order valence-corrected chi connectivity index (χ1v) is 7.05. The van der Waals surface area contributed by atoms with Gasteiger partial charge in [-0.3, -0.25) is 14.7 Å². The van der Waals surface area contributed by atoms with Crippen molar-refractivity contribution >= 4 is 16.8 Å². The van der Waals surface area contributed by atoms with Gasteiger partial charge in [0.1, 0.15) is 0 Å². The smallest absolute Gasteiger partial charge is 0.231 e. The summed E-state index contributed by atoms with van der Waals surface area (Å²) in [5.74, 6) is 0.380. The van der Waals surface area contributed by atoms with E-state index in [1.54, 1.807) is 0 Å². The fourth-order valence-corrected chi connectivity index (χ4v) is 3.03. The summed E-state index contributed by atoms with van der Waals surface area (Å²) < 4.78 is 0. The number of primary amides is 1. The van der Waals surface area contributed by atoms with Crippen LogP contribution in [0.5, 0.6) is 0 Å². The molecule has 0 saturated carbocycles. The molecule has 104 valence electrons. The number of fused-ring (bicyclic) bond motifs is 1. The van der Waals surface area contributed by atoms with E-state index >= 15 is 0 Å². The van der Waals surface area contributed by atoms with Crippen molar-refractivity contribution in [2.45, 2.75) is 12.8 Å². The molecule has 1 amide bonds. The molecule has 0 aliphatic carbocycles. The first-order chi connectivity index (χ1) is 9.70. The maximum atomic E-state index is 10.9. The van der Waals surface area contributed by atoms with Crippen LogP contribution in [0.15, 0.2) is 36.5 Å². The fraction of sp³-hybridized carbons (Fsp3) is 0.375. The molecule has 0 spiro atoms. The Morgan fingerprint density at radius 2 is 2.30 bits per heavy atom. The van der Waals surface area contributed by atoms with Crippen LogP contribution in [0.25, 0.3) is 10.9 Å². The molecule has 1 aromatic carbocycles. The van der Waals surface area contributed by atoms with Gasteiger partial charge in [0.05, 0.1) is 12.1 Å². The van der Waals surface area contributed by atoms with Crippen LogP contribution in [0, 0.1) is 5.92 Å². The van der Waals surface area contributed by atoms with E-state index in [2.05, 4.69) is 34.1 Å². The lowest BCUT2D eigenvalue weighted by molar-refractivity contribution is -0.118. The van der Waals surface area contributed by atoms with Crippen LogP contribution in [-0.2, 0) is 11.2 Å². The highest BCUT2D eigenvalue weighted by molar-refractivity contribution is 5.79. The van der Waals surface area contributed by atoms with Crippen LogP contribution in [0.1, 0.15) is 12.0 Å². The number of aromatic nitrogens is 1. The zero-order valence-corrected chi connectivity index (χ0v) is 11.5. The summed E-state index contributed by atoms with van der Waals surface area (Å²) in [4.78, 5) is 17.4. The molecule has 0 bridgehead atoms. The molecule has 1 atom stereocenters. The Kier molecular flexibility index (Phi) is 3.65. The Bertz CT molecular complexity index is 626. The number of amides is 1. The number of benzene rings is 1. The highest BCUT2D eigenvalue weighted by Gasteiger charge is 2.23. The van der Waals surface area contributed by atoms with E-state index in [4.69, 9.17) is 5.73 Å². The van der Waals surface area contributed by atoms with Crippen molar-refractivity contribution in [3.05, 3.63) is 42.1 Å². The second-order valence-electron chi connectivity index (χ2n) is 5.59. The Balaban J connectivity index is 1.66. The Morgan fingerprint density at radius 3 is 3.15 bits per heavy atom. The topological polar surface area (TPSA) is 59.2 Å². The number of carbonyl (C=O) groups is 1. The number of nitrogens with two attached hydrogens (primary N) is 1. The van der Waals surface area contributed by atoms with Gasteiger partial charge in [-0.05, 0) is 49.1 Å². The van der Waals surface area contributed by atoms with Gasteiger partial charge in [-0.25, -0.2) is 0 Å². The van der Waals surface area contributed by atoms with Crippen molar-refractivity contribution in [2.75, 3.05) is 19.6 Å². The molecule has 1 aliphatic rings. The van der Waals surface area contributed by atoms with Crippen molar-refractivity contribution in [1.82, 2.24) is 9.88 Å². The molecule has 1 aromatic heterocycles. The summed E-state index contributed by atoms with van der Waals surface area (Å²) in [5, 5.41) is 1.19. The molecule has 1 saturated heterocycles. The SMILES string of the molecule is NC(=O)CN1CC[C@H](Cc2ccc3ncccc3c2)C1. The van der Waals surface area contributed by atoms with Crippen molar-refractivity contribution in [2.24, 2.45) is 11.7 Å². The predicted octanol–water partition coefficient (Wildman–Crippen LogP) is 1.58. The molecule has 1 fully saturated rings. The van der Waals surface area contributed by atoms with Crippen molar-refractivity contribution in [1.29, 1.82) is 0 Å². The zero-order chi connectivity index (χ0) is 13.9.